The van der Waals surface area contributed by atoms with Crippen LogP contribution >= 0.6 is 22.6 Å². The van der Waals surface area contributed by atoms with Crippen LogP contribution in [-0.2, 0) is 9.22 Å². The lowest BCUT2D eigenvalue weighted by Gasteiger charge is -2.43. The van der Waals surface area contributed by atoms with Crippen molar-refractivity contribution in [3.8, 4) is 0 Å². The molecule has 140 valence electrons. The molecule has 0 heterocycles. The fourth-order valence-electron chi connectivity index (χ4n) is 3.34. The molecule has 0 bridgehead atoms. The number of rotatable bonds is 8. The molecule has 1 atom stereocenters. The first-order chi connectivity index (χ1) is 12.3. The van der Waals surface area contributed by atoms with E-state index in [-0.39, 0.29) is 15.4 Å². The van der Waals surface area contributed by atoms with Crippen molar-refractivity contribution in [2.75, 3.05) is 6.61 Å². The maximum absolute atomic E-state index is 10.9. The van der Waals surface area contributed by atoms with Crippen molar-refractivity contribution < 1.29 is 14.3 Å². The predicted octanol–water partition coefficient (Wildman–Crippen LogP) is 4.23. The summed E-state index contributed by atoms with van der Waals surface area (Å²) in [6.45, 7) is 7.30. The Bertz CT molecular complexity index is 659. The zero-order chi connectivity index (χ0) is 19.2. The first-order valence-electron chi connectivity index (χ1n) is 8.88. The van der Waals surface area contributed by atoms with Crippen LogP contribution in [0.15, 0.2) is 60.7 Å². The Kier molecular flexibility index (Phi) is 7.43. The Morgan fingerprint density at radius 2 is 1.50 bits per heavy atom. The fourth-order valence-corrected chi connectivity index (χ4v) is 8.78. The Morgan fingerprint density at radius 3 is 1.88 bits per heavy atom. The van der Waals surface area contributed by atoms with Crippen LogP contribution in [0.3, 0.4) is 0 Å². The second kappa shape index (κ2) is 9.15. The minimum absolute atomic E-state index is 0.0567. The van der Waals surface area contributed by atoms with Crippen molar-refractivity contribution in [1.29, 1.82) is 0 Å². The zero-order valence-electron chi connectivity index (χ0n) is 15.6. The third kappa shape index (κ3) is 4.95. The van der Waals surface area contributed by atoms with Crippen molar-refractivity contribution in [1.82, 2.24) is 0 Å². The number of alkyl halides is 1. The van der Waals surface area contributed by atoms with E-state index >= 15 is 0 Å². The molecule has 0 spiro atoms. The summed E-state index contributed by atoms with van der Waals surface area (Å²) in [7, 11) is -2.52. The molecule has 0 amide bonds. The number of hydrogen-bond acceptors (Lipinski definition) is 2. The van der Waals surface area contributed by atoms with Crippen LogP contribution in [0.4, 0.5) is 0 Å². The average molecular weight is 482 g/mol. The molecule has 2 aromatic carbocycles. The van der Waals surface area contributed by atoms with Gasteiger partial charge in [0.2, 0.25) is 0 Å². The second-order valence-corrected chi connectivity index (χ2v) is 13.6. The number of carboxylic acid groups (broad SMARTS) is 1. The van der Waals surface area contributed by atoms with Crippen molar-refractivity contribution in [2.24, 2.45) is 0 Å². The number of carboxylic acids is 1. The summed E-state index contributed by atoms with van der Waals surface area (Å²) < 4.78 is 6.97. The molecule has 2 rings (SSSR count). The van der Waals surface area contributed by atoms with Crippen LogP contribution < -0.4 is 10.4 Å². The van der Waals surface area contributed by atoms with Gasteiger partial charge in [-0.15, -0.1) is 0 Å². The van der Waals surface area contributed by atoms with Gasteiger partial charge in [0.05, 0.1) is 0 Å². The molecule has 1 N–H and O–H groups in total. The lowest BCUT2D eigenvalue weighted by Crippen LogP contribution is -2.67. The monoisotopic (exact) mass is 482 g/mol. The molecular formula is C21H27IO3Si. The van der Waals surface area contributed by atoms with Gasteiger partial charge in [-0.3, -0.25) is 4.79 Å². The number of aliphatic carboxylic acids is 1. The van der Waals surface area contributed by atoms with Crippen molar-refractivity contribution >= 4 is 47.3 Å². The molecule has 0 radical (unpaired) electrons. The van der Waals surface area contributed by atoms with Gasteiger partial charge in [-0.05, 0) is 21.8 Å². The highest BCUT2D eigenvalue weighted by Crippen LogP contribution is 2.37. The van der Waals surface area contributed by atoms with E-state index < -0.39 is 14.3 Å². The molecule has 5 heteroatoms. The van der Waals surface area contributed by atoms with E-state index in [2.05, 4.69) is 91.9 Å². The van der Waals surface area contributed by atoms with E-state index in [1.807, 2.05) is 12.1 Å². The maximum atomic E-state index is 10.9. The number of carbonyl (C=O) groups is 1. The SMILES string of the molecule is CC(C)(C)[Si](OCC(I)CCC(=O)O)(c1ccccc1)c1ccccc1. The summed E-state index contributed by atoms with van der Waals surface area (Å²) in [6, 6.07) is 21.0. The summed E-state index contributed by atoms with van der Waals surface area (Å²) in [5, 5.41) is 11.4. The fraction of sp³-hybridized carbons (Fsp3) is 0.381. The van der Waals surface area contributed by atoms with Crippen LogP contribution in [0, 0.1) is 0 Å². The molecule has 0 aliphatic rings. The summed E-state index contributed by atoms with van der Waals surface area (Å²) in [5.74, 6) is -0.753. The van der Waals surface area contributed by atoms with Gasteiger partial charge in [0.1, 0.15) is 0 Å². The molecule has 0 aliphatic carbocycles. The van der Waals surface area contributed by atoms with Crippen molar-refractivity contribution in [2.45, 2.75) is 42.6 Å². The van der Waals surface area contributed by atoms with Gasteiger partial charge in [0.15, 0.2) is 0 Å². The van der Waals surface area contributed by atoms with Gasteiger partial charge < -0.3 is 9.53 Å². The van der Waals surface area contributed by atoms with E-state index in [0.29, 0.717) is 13.0 Å². The largest absolute Gasteiger partial charge is 0.481 e. The van der Waals surface area contributed by atoms with Crippen LogP contribution in [0.25, 0.3) is 0 Å². The molecule has 26 heavy (non-hydrogen) atoms. The molecule has 0 aromatic heterocycles. The van der Waals surface area contributed by atoms with Gasteiger partial charge in [-0.2, -0.15) is 0 Å². The average Bonchev–Trinajstić information content (AvgIpc) is 2.61. The first-order valence-corrected chi connectivity index (χ1v) is 12.0. The zero-order valence-corrected chi connectivity index (χ0v) is 18.8. The molecule has 1 unspecified atom stereocenters. The topological polar surface area (TPSA) is 46.5 Å². The number of halogens is 1. The highest BCUT2D eigenvalue weighted by Gasteiger charge is 2.50. The van der Waals surface area contributed by atoms with E-state index in [1.165, 1.54) is 10.4 Å². The number of hydrogen-bond donors (Lipinski definition) is 1. The highest BCUT2D eigenvalue weighted by molar-refractivity contribution is 14.1. The molecule has 0 fully saturated rings. The molecule has 2 aromatic rings. The van der Waals surface area contributed by atoms with Gasteiger partial charge in [0, 0.05) is 17.0 Å². The van der Waals surface area contributed by atoms with Crippen LogP contribution in [0.2, 0.25) is 5.04 Å². The number of benzene rings is 2. The third-order valence-electron chi connectivity index (χ3n) is 4.57. The molecule has 0 saturated heterocycles. The van der Waals surface area contributed by atoms with E-state index in [4.69, 9.17) is 9.53 Å². The summed E-state index contributed by atoms with van der Waals surface area (Å²) in [4.78, 5) is 10.9. The van der Waals surface area contributed by atoms with E-state index in [0.717, 1.165) is 0 Å². The Balaban J connectivity index is 2.42. The minimum atomic E-state index is -2.52. The van der Waals surface area contributed by atoms with Crippen molar-refractivity contribution in [3.63, 3.8) is 0 Å². The lowest BCUT2D eigenvalue weighted by molar-refractivity contribution is -0.137. The molecule has 3 nitrogen and oxygen atoms in total. The highest BCUT2D eigenvalue weighted by atomic mass is 127. The second-order valence-electron chi connectivity index (χ2n) is 7.50. The first kappa shape index (κ1) is 21.1. The molecule has 0 aliphatic heterocycles. The van der Waals surface area contributed by atoms with Gasteiger partial charge in [0.25, 0.3) is 8.32 Å². The predicted molar refractivity (Wildman–Crippen MR) is 118 cm³/mol. The van der Waals surface area contributed by atoms with Crippen LogP contribution in [0.5, 0.6) is 0 Å². The minimum Gasteiger partial charge on any atom is -0.481 e. The van der Waals surface area contributed by atoms with Gasteiger partial charge in [-0.25, -0.2) is 0 Å². The van der Waals surface area contributed by atoms with Gasteiger partial charge in [-0.1, -0.05) is 104 Å². The molecular weight excluding hydrogens is 455 g/mol. The Morgan fingerprint density at radius 1 is 1.04 bits per heavy atom. The smallest absolute Gasteiger partial charge is 0.303 e. The lowest BCUT2D eigenvalue weighted by atomic mass is 10.2. The Labute approximate surface area is 171 Å². The summed E-state index contributed by atoms with van der Waals surface area (Å²) >= 11 is 2.32. The molecule has 0 saturated carbocycles. The third-order valence-corrected chi connectivity index (χ3v) is 10.6. The van der Waals surface area contributed by atoms with Gasteiger partial charge >= 0.3 is 5.97 Å². The van der Waals surface area contributed by atoms with Crippen LogP contribution in [0.1, 0.15) is 33.6 Å². The summed E-state index contributed by atoms with van der Waals surface area (Å²) in [5.41, 5.74) is 0. The quantitative estimate of drug-likeness (QED) is 0.348. The normalized spacial score (nSPS) is 13.4. The maximum Gasteiger partial charge on any atom is 0.303 e. The van der Waals surface area contributed by atoms with Crippen LogP contribution in [-0.4, -0.2) is 29.9 Å². The van der Waals surface area contributed by atoms with Crippen molar-refractivity contribution in [3.05, 3.63) is 60.7 Å². The standard InChI is InChI=1S/C21H27IO3Si/c1-21(2,3)26(18-10-6-4-7-11-18,19-12-8-5-9-13-19)25-16-17(22)14-15-20(23)24/h4-13,17H,14-16H2,1-3H3,(H,23,24). The Hall–Kier alpha value is -1.18. The summed E-state index contributed by atoms with van der Waals surface area (Å²) in [6.07, 6.45) is 0.797. The van der Waals surface area contributed by atoms with E-state index in [1.54, 1.807) is 0 Å². The van der Waals surface area contributed by atoms with E-state index in [9.17, 15) is 4.79 Å².